The number of aromatic nitrogens is 2. The highest BCUT2D eigenvalue weighted by Crippen LogP contribution is 2.27. The topological polar surface area (TPSA) is 86.9 Å². The summed E-state index contributed by atoms with van der Waals surface area (Å²) in [6.45, 7) is 2.68. The lowest BCUT2D eigenvalue weighted by molar-refractivity contribution is 0.306. The summed E-state index contributed by atoms with van der Waals surface area (Å²) in [5.74, 6) is 0.753. The first-order valence-corrected chi connectivity index (χ1v) is 8.74. The van der Waals surface area contributed by atoms with Crippen LogP contribution in [0.3, 0.4) is 0 Å². The van der Waals surface area contributed by atoms with Crippen LogP contribution in [0.2, 0.25) is 0 Å². The average molecular weight is 300 g/mol. The molecule has 0 bridgehead atoms. The molecule has 114 valence electrons. The standard InChI is InChI=1S/C13H24N4O2S/c1-3-10-4-6-12(7-5-10)17-20(18,19)13-11(8-14-2)9-15-16-13/h9-10,12,14,17H,3-8H2,1-2H3,(H,15,16). The molecular weight excluding hydrogens is 276 g/mol. The van der Waals surface area contributed by atoms with E-state index >= 15 is 0 Å². The van der Waals surface area contributed by atoms with Gasteiger partial charge >= 0.3 is 0 Å². The van der Waals surface area contributed by atoms with E-state index in [2.05, 4.69) is 27.2 Å². The third-order valence-electron chi connectivity index (χ3n) is 4.06. The molecule has 1 aliphatic rings. The zero-order chi connectivity index (χ0) is 14.6. The fourth-order valence-electron chi connectivity index (χ4n) is 2.82. The van der Waals surface area contributed by atoms with Crippen LogP contribution < -0.4 is 10.0 Å². The summed E-state index contributed by atoms with van der Waals surface area (Å²) >= 11 is 0. The number of aromatic amines is 1. The van der Waals surface area contributed by atoms with Gasteiger partial charge in [-0.2, -0.15) is 5.10 Å². The molecule has 0 amide bonds. The molecule has 7 heteroatoms. The van der Waals surface area contributed by atoms with Gasteiger partial charge < -0.3 is 5.32 Å². The highest BCUT2D eigenvalue weighted by molar-refractivity contribution is 7.89. The van der Waals surface area contributed by atoms with Gasteiger partial charge in [-0.05, 0) is 38.6 Å². The van der Waals surface area contributed by atoms with Crippen LogP contribution in [-0.2, 0) is 16.6 Å². The molecule has 1 saturated carbocycles. The van der Waals surface area contributed by atoms with Crippen LogP contribution in [-0.4, -0.2) is 31.7 Å². The lowest BCUT2D eigenvalue weighted by Crippen LogP contribution is -2.38. The zero-order valence-electron chi connectivity index (χ0n) is 12.1. The van der Waals surface area contributed by atoms with Crippen molar-refractivity contribution in [3.05, 3.63) is 11.8 Å². The fraction of sp³-hybridized carbons (Fsp3) is 0.769. The Labute approximate surface area is 120 Å². The molecule has 2 rings (SSSR count). The zero-order valence-corrected chi connectivity index (χ0v) is 13.0. The average Bonchev–Trinajstić information content (AvgIpc) is 2.89. The lowest BCUT2D eigenvalue weighted by atomic mass is 9.85. The molecule has 0 aromatic carbocycles. The Kier molecular flexibility index (Phi) is 5.17. The van der Waals surface area contributed by atoms with Crippen molar-refractivity contribution in [3.8, 4) is 0 Å². The third-order valence-corrected chi connectivity index (χ3v) is 5.59. The van der Waals surface area contributed by atoms with Gasteiger partial charge in [0.15, 0.2) is 5.03 Å². The second-order valence-corrected chi connectivity index (χ2v) is 7.15. The van der Waals surface area contributed by atoms with Crippen LogP contribution >= 0.6 is 0 Å². The molecule has 6 nitrogen and oxygen atoms in total. The summed E-state index contributed by atoms with van der Waals surface area (Å²) in [5.41, 5.74) is 0.669. The van der Waals surface area contributed by atoms with Gasteiger partial charge in [0.05, 0.1) is 6.20 Å². The second-order valence-electron chi connectivity index (χ2n) is 5.50. The van der Waals surface area contributed by atoms with E-state index in [1.54, 1.807) is 13.2 Å². The van der Waals surface area contributed by atoms with Crippen molar-refractivity contribution >= 4 is 10.0 Å². The lowest BCUT2D eigenvalue weighted by Gasteiger charge is -2.28. The minimum atomic E-state index is -3.50. The number of sulfonamides is 1. The van der Waals surface area contributed by atoms with Crippen LogP contribution in [0.15, 0.2) is 11.2 Å². The summed E-state index contributed by atoms with van der Waals surface area (Å²) in [6, 6.07) is 0.0496. The summed E-state index contributed by atoms with van der Waals surface area (Å²) in [6.07, 6.45) is 6.80. The van der Waals surface area contributed by atoms with Crippen molar-refractivity contribution in [2.45, 2.75) is 56.6 Å². The summed E-state index contributed by atoms with van der Waals surface area (Å²) in [7, 11) is -1.72. The largest absolute Gasteiger partial charge is 0.316 e. The smallest absolute Gasteiger partial charge is 0.258 e. The molecule has 1 aromatic rings. The Hall–Kier alpha value is -0.920. The summed E-state index contributed by atoms with van der Waals surface area (Å²) in [5, 5.41) is 9.57. The number of rotatable bonds is 6. The number of hydrogen-bond donors (Lipinski definition) is 3. The van der Waals surface area contributed by atoms with Crippen molar-refractivity contribution in [2.75, 3.05) is 7.05 Å². The number of hydrogen-bond acceptors (Lipinski definition) is 4. The van der Waals surface area contributed by atoms with Crippen molar-refractivity contribution in [2.24, 2.45) is 5.92 Å². The maximum atomic E-state index is 12.4. The van der Waals surface area contributed by atoms with E-state index in [1.807, 2.05) is 0 Å². The molecule has 20 heavy (non-hydrogen) atoms. The van der Waals surface area contributed by atoms with Crippen LogP contribution in [0.25, 0.3) is 0 Å². The monoisotopic (exact) mass is 300 g/mol. The van der Waals surface area contributed by atoms with Gasteiger partial charge in [-0.15, -0.1) is 0 Å². The van der Waals surface area contributed by atoms with E-state index in [0.717, 1.165) is 31.6 Å². The SMILES string of the molecule is CCC1CCC(NS(=O)(=O)c2[nH]ncc2CNC)CC1. The molecule has 1 aliphatic carbocycles. The van der Waals surface area contributed by atoms with E-state index in [0.29, 0.717) is 12.1 Å². The Balaban J connectivity index is 2.02. The Morgan fingerprint density at radius 2 is 2.05 bits per heavy atom. The van der Waals surface area contributed by atoms with Gasteiger partial charge in [0.25, 0.3) is 10.0 Å². The maximum absolute atomic E-state index is 12.4. The molecule has 0 atom stereocenters. The van der Waals surface area contributed by atoms with Crippen LogP contribution in [0.1, 0.15) is 44.6 Å². The first kappa shape index (κ1) is 15.5. The normalized spacial score (nSPS) is 23.9. The van der Waals surface area contributed by atoms with E-state index in [-0.39, 0.29) is 11.1 Å². The Bertz CT molecular complexity index is 518. The van der Waals surface area contributed by atoms with Crippen molar-refractivity contribution in [1.82, 2.24) is 20.2 Å². The predicted octanol–water partition coefficient (Wildman–Crippen LogP) is 1.38. The quantitative estimate of drug-likeness (QED) is 0.740. The Morgan fingerprint density at radius 3 is 2.65 bits per heavy atom. The maximum Gasteiger partial charge on any atom is 0.258 e. The molecule has 3 N–H and O–H groups in total. The number of nitrogens with one attached hydrogen (secondary N) is 3. The second kappa shape index (κ2) is 6.69. The van der Waals surface area contributed by atoms with Crippen LogP contribution in [0.4, 0.5) is 0 Å². The third kappa shape index (κ3) is 3.59. The molecule has 1 fully saturated rings. The van der Waals surface area contributed by atoms with Gasteiger partial charge in [0, 0.05) is 18.2 Å². The molecule has 1 heterocycles. The first-order chi connectivity index (χ1) is 9.56. The minimum absolute atomic E-state index is 0.0496. The summed E-state index contributed by atoms with van der Waals surface area (Å²) < 4.78 is 27.6. The first-order valence-electron chi connectivity index (χ1n) is 7.26. The molecule has 0 unspecified atom stereocenters. The molecule has 0 spiro atoms. The Morgan fingerprint density at radius 1 is 1.35 bits per heavy atom. The molecule has 0 saturated heterocycles. The molecule has 1 aromatic heterocycles. The van der Waals surface area contributed by atoms with Gasteiger partial charge in [-0.1, -0.05) is 13.3 Å². The van der Waals surface area contributed by atoms with E-state index in [1.165, 1.54) is 6.42 Å². The highest BCUT2D eigenvalue weighted by Gasteiger charge is 2.27. The fourth-order valence-corrected chi connectivity index (χ4v) is 4.25. The number of nitrogens with zero attached hydrogens (tertiary/aromatic N) is 1. The molecule has 0 radical (unpaired) electrons. The van der Waals surface area contributed by atoms with Gasteiger partial charge in [0.2, 0.25) is 0 Å². The van der Waals surface area contributed by atoms with Gasteiger partial charge in [-0.3, -0.25) is 5.10 Å². The van der Waals surface area contributed by atoms with Gasteiger partial charge in [0.1, 0.15) is 0 Å². The highest BCUT2D eigenvalue weighted by atomic mass is 32.2. The molecular formula is C13H24N4O2S. The van der Waals surface area contributed by atoms with Crippen LogP contribution in [0, 0.1) is 5.92 Å². The van der Waals surface area contributed by atoms with Crippen LogP contribution in [0.5, 0.6) is 0 Å². The summed E-state index contributed by atoms with van der Waals surface area (Å²) in [4.78, 5) is 0. The van der Waals surface area contributed by atoms with Gasteiger partial charge in [-0.25, -0.2) is 13.1 Å². The van der Waals surface area contributed by atoms with Crippen molar-refractivity contribution in [1.29, 1.82) is 0 Å². The van der Waals surface area contributed by atoms with Crippen molar-refractivity contribution in [3.63, 3.8) is 0 Å². The number of H-pyrrole nitrogens is 1. The molecule has 0 aliphatic heterocycles. The van der Waals surface area contributed by atoms with E-state index in [9.17, 15) is 8.42 Å². The van der Waals surface area contributed by atoms with E-state index in [4.69, 9.17) is 0 Å². The van der Waals surface area contributed by atoms with Crippen molar-refractivity contribution < 1.29 is 8.42 Å². The predicted molar refractivity (Wildman–Crippen MR) is 77.7 cm³/mol. The van der Waals surface area contributed by atoms with E-state index < -0.39 is 10.0 Å². The minimum Gasteiger partial charge on any atom is -0.316 e.